The van der Waals surface area contributed by atoms with E-state index in [-0.39, 0.29) is 6.61 Å². The lowest BCUT2D eigenvalue weighted by Crippen LogP contribution is -2.02. The molecule has 1 nitrogen and oxygen atoms in total. The van der Waals surface area contributed by atoms with Crippen molar-refractivity contribution in [2.75, 3.05) is 12.9 Å². The third-order valence-electron chi connectivity index (χ3n) is 1.95. The molecule has 1 unspecified atom stereocenters. The zero-order valence-electron chi connectivity index (χ0n) is 8.56. The largest absolute Gasteiger partial charge is 0.395 e. The van der Waals surface area contributed by atoms with Crippen LogP contribution in [0.4, 0.5) is 0 Å². The molecular weight excluding hydrogens is 212 g/mol. The van der Waals surface area contributed by atoms with Crippen molar-refractivity contribution in [1.82, 2.24) is 0 Å². The standard InChI is InChI=1S/C11H16OS2/c1-9(7-12)14-8-10-3-5-11(13-2)6-4-10/h3-6,9,12H,7-8H2,1-2H3. The Kier molecular flexibility index (Phi) is 5.45. The minimum absolute atomic E-state index is 0.258. The monoisotopic (exact) mass is 228 g/mol. The van der Waals surface area contributed by atoms with Crippen LogP contribution in [0.1, 0.15) is 12.5 Å². The summed E-state index contributed by atoms with van der Waals surface area (Å²) < 4.78 is 0. The van der Waals surface area contributed by atoms with E-state index in [4.69, 9.17) is 5.11 Å². The Labute approximate surface area is 94.3 Å². The predicted octanol–water partition coefficient (Wildman–Crippen LogP) is 3.02. The Morgan fingerprint density at radius 3 is 2.43 bits per heavy atom. The Hall–Kier alpha value is -0.120. The van der Waals surface area contributed by atoms with Crippen molar-refractivity contribution in [1.29, 1.82) is 0 Å². The molecule has 78 valence electrons. The van der Waals surface area contributed by atoms with E-state index >= 15 is 0 Å². The molecule has 0 bridgehead atoms. The van der Waals surface area contributed by atoms with Gasteiger partial charge in [-0.25, -0.2) is 0 Å². The summed E-state index contributed by atoms with van der Waals surface area (Å²) in [5, 5.41) is 9.20. The highest BCUT2D eigenvalue weighted by Gasteiger charge is 2.00. The zero-order chi connectivity index (χ0) is 10.4. The van der Waals surface area contributed by atoms with Gasteiger partial charge < -0.3 is 5.11 Å². The van der Waals surface area contributed by atoms with E-state index in [1.54, 1.807) is 23.5 Å². The molecule has 1 rings (SSSR count). The third kappa shape index (κ3) is 3.95. The normalized spacial score (nSPS) is 12.8. The lowest BCUT2D eigenvalue weighted by Gasteiger charge is -2.07. The van der Waals surface area contributed by atoms with E-state index in [0.29, 0.717) is 5.25 Å². The number of hydrogen-bond acceptors (Lipinski definition) is 3. The quantitative estimate of drug-likeness (QED) is 0.782. The van der Waals surface area contributed by atoms with Gasteiger partial charge in [0.1, 0.15) is 0 Å². The van der Waals surface area contributed by atoms with Gasteiger partial charge in [-0.2, -0.15) is 11.8 Å². The van der Waals surface area contributed by atoms with Crippen LogP contribution < -0.4 is 0 Å². The van der Waals surface area contributed by atoms with Gasteiger partial charge in [-0.3, -0.25) is 0 Å². The van der Waals surface area contributed by atoms with Crippen LogP contribution in [0.3, 0.4) is 0 Å². The molecule has 1 aromatic rings. The molecule has 0 spiro atoms. The number of benzene rings is 1. The fourth-order valence-electron chi connectivity index (χ4n) is 1.01. The maximum atomic E-state index is 8.87. The minimum Gasteiger partial charge on any atom is -0.395 e. The number of thioether (sulfide) groups is 2. The van der Waals surface area contributed by atoms with E-state index in [1.165, 1.54) is 10.5 Å². The molecule has 0 heterocycles. The summed E-state index contributed by atoms with van der Waals surface area (Å²) in [4.78, 5) is 1.30. The Balaban J connectivity index is 2.43. The molecule has 0 amide bonds. The maximum Gasteiger partial charge on any atom is 0.0547 e. The average Bonchev–Trinajstić information content (AvgIpc) is 2.26. The number of hydrogen-bond donors (Lipinski definition) is 1. The molecule has 0 aliphatic heterocycles. The van der Waals surface area contributed by atoms with Gasteiger partial charge in [0.25, 0.3) is 0 Å². The van der Waals surface area contributed by atoms with Crippen LogP contribution in [0.25, 0.3) is 0 Å². The van der Waals surface area contributed by atoms with Crippen LogP contribution in [0.2, 0.25) is 0 Å². The highest BCUT2D eigenvalue weighted by Crippen LogP contribution is 2.20. The molecule has 0 saturated carbocycles. The zero-order valence-corrected chi connectivity index (χ0v) is 10.2. The second kappa shape index (κ2) is 6.38. The highest BCUT2D eigenvalue weighted by molar-refractivity contribution is 7.99. The Morgan fingerprint density at radius 2 is 1.93 bits per heavy atom. The van der Waals surface area contributed by atoms with Crippen LogP contribution in [-0.4, -0.2) is 23.2 Å². The first-order valence-electron chi connectivity index (χ1n) is 4.61. The molecular formula is C11H16OS2. The fourth-order valence-corrected chi connectivity index (χ4v) is 2.20. The van der Waals surface area contributed by atoms with Crippen LogP contribution >= 0.6 is 23.5 Å². The molecule has 0 aromatic heterocycles. The van der Waals surface area contributed by atoms with Crippen molar-refractivity contribution in [2.24, 2.45) is 0 Å². The van der Waals surface area contributed by atoms with Gasteiger partial charge in [-0.05, 0) is 24.0 Å². The molecule has 0 aliphatic rings. The fraction of sp³-hybridized carbons (Fsp3) is 0.455. The van der Waals surface area contributed by atoms with E-state index in [9.17, 15) is 0 Å². The van der Waals surface area contributed by atoms with E-state index in [0.717, 1.165) is 5.75 Å². The molecule has 3 heteroatoms. The lowest BCUT2D eigenvalue weighted by atomic mass is 10.2. The van der Waals surface area contributed by atoms with Crippen molar-refractivity contribution < 1.29 is 5.11 Å². The molecule has 0 fully saturated rings. The average molecular weight is 228 g/mol. The second-order valence-corrected chi connectivity index (χ2v) is 5.46. The summed E-state index contributed by atoms with van der Waals surface area (Å²) in [6.07, 6.45) is 2.08. The van der Waals surface area contributed by atoms with Gasteiger partial charge in [0.15, 0.2) is 0 Å². The van der Waals surface area contributed by atoms with Crippen LogP contribution in [0.15, 0.2) is 29.2 Å². The van der Waals surface area contributed by atoms with E-state index in [1.807, 2.05) is 6.92 Å². The number of aliphatic hydroxyl groups excluding tert-OH is 1. The molecule has 1 atom stereocenters. The first kappa shape index (κ1) is 12.0. The predicted molar refractivity (Wildman–Crippen MR) is 66.1 cm³/mol. The first-order valence-corrected chi connectivity index (χ1v) is 6.89. The van der Waals surface area contributed by atoms with Gasteiger partial charge in [-0.15, -0.1) is 11.8 Å². The SMILES string of the molecule is CSc1ccc(CSC(C)CO)cc1. The third-order valence-corrected chi connectivity index (χ3v) is 3.91. The van der Waals surface area contributed by atoms with Gasteiger partial charge in [0.2, 0.25) is 0 Å². The molecule has 1 aromatic carbocycles. The van der Waals surface area contributed by atoms with Crippen LogP contribution in [-0.2, 0) is 5.75 Å². The van der Waals surface area contributed by atoms with Crippen molar-refractivity contribution >= 4 is 23.5 Å². The molecule has 0 aliphatic carbocycles. The minimum atomic E-state index is 0.258. The van der Waals surface area contributed by atoms with E-state index < -0.39 is 0 Å². The van der Waals surface area contributed by atoms with Crippen molar-refractivity contribution in [3.05, 3.63) is 29.8 Å². The maximum absolute atomic E-state index is 8.87. The second-order valence-electron chi connectivity index (χ2n) is 3.15. The molecule has 1 N–H and O–H groups in total. The summed E-state index contributed by atoms with van der Waals surface area (Å²) >= 11 is 3.55. The van der Waals surface area contributed by atoms with Crippen molar-refractivity contribution in [3.8, 4) is 0 Å². The summed E-state index contributed by atoms with van der Waals surface area (Å²) in [6, 6.07) is 8.60. The highest BCUT2D eigenvalue weighted by atomic mass is 32.2. The number of rotatable bonds is 5. The van der Waals surface area contributed by atoms with E-state index in [2.05, 4.69) is 30.5 Å². The summed E-state index contributed by atoms with van der Waals surface area (Å²) in [7, 11) is 0. The Morgan fingerprint density at radius 1 is 1.29 bits per heavy atom. The number of aliphatic hydroxyl groups is 1. The molecule has 0 radical (unpaired) electrons. The van der Waals surface area contributed by atoms with Gasteiger partial charge in [0, 0.05) is 15.9 Å². The smallest absolute Gasteiger partial charge is 0.0547 e. The topological polar surface area (TPSA) is 20.2 Å². The van der Waals surface area contributed by atoms with Crippen molar-refractivity contribution in [3.63, 3.8) is 0 Å². The summed E-state index contributed by atoms with van der Waals surface area (Å²) in [5.41, 5.74) is 1.33. The van der Waals surface area contributed by atoms with Crippen LogP contribution in [0.5, 0.6) is 0 Å². The summed E-state index contributed by atoms with van der Waals surface area (Å²) in [5.74, 6) is 0.983. The van der Waals surface area contributed by atoms with Gasteiger partial charge >= 0.3 is 0 Å². The first-order chi connectivity index (χ1) is 6.76. The molecule has 0 saturated heterocycles. The molecule has 14 heavy (non-hydrogen) atoms. The van der Waals surface area contributed by atoms with Gasteiger partial charge in [-0.1, -0.05) is 19.1 Å². The van der Waals surface area contributed by atoms with Gasteiger partial charge in [0.05, 0.1) is 6.61 Å². The Bertz CT molecular complexity index is 258. The van der Waals surface area contributed by atoms with Crippen molar-refractivity contribution in [2.45, 2.75) is 22.8 Å². The van der Waals surface area contributed by atoms with Crippen LogP contribution in [0, 0.1) is 0 Å². The lowest BCUT2D eigenvalue weighted by molar-refractivity contribution is 0.300. The summed E-state index contributed by atoms with van der Waals surface area (Å²) in [6.45, 7) is 2.30.